The van der Waals surface area contributed by atoms with E-state index in [4.69, 9.17) is 5.11 Å². The first-order valence-electron chi connectivity index (χ1n) is 9.08. The molecular weight excluding hydrogens is 294 g/mol. The number of carbonyl (C=O) groups excluding carboxylic acids is 1. The van der Waals surface area contributed by atoms with E-state index in [0.717, 1.165) is 69.8 Å². The number of allylic oxidation sites excluding steroid dienone is 2. The number of ketones is 1. The molecule has 0 aromatic carbocycles. The SMILES string of the molecule is O=C1CCCC=C1CCCCCCC[C@@H]1N[C@H](CO)[C@@H](O)[C@@H]1O. The van der Waals surface area contributed by atoms with Crippen LogP contribution in [0.25, 0.3) is 0 Å². The molecule has 1 saturated heterocycles. The Morgan fingerprint density at radius 3 is 2.43 bits per heavy atom. The van der Waals surface area contributed by atoms with Crippen LogP contribution in [-0.2, 0) is 4.79 Å². The Balaban J connectivity index is 1.51. The average Bonchev–Trinajstić information content (AvgIpc) is 2.83. The second kappa shape index (κ2) is 9.52. The lowest BCUT2D eigenvalue weighted by Gasteiger charge is -2.15. The summed E-state index contributed by atoms with van der Waals surface area (Å²) in [6.45, 7) is -0.150. The van der Waals surface area contributed by atoms with Crippen molar-refractivity contribution < 1.29 is 20.1 Å². The smallest absolute Gasteiger partial charge is 0.158 e. The Kier molecular flexibility index (Phi) is 7.70. The van der Waals surface area contributed by atoms with Gasteiger partial charge in [-0.05, 0) is 37.7 Å². The molecule has 0 radical (unpaired) electrons. The molecule has 0 spiro atoms. The van der Waals surface area contributed by atoms with Gasteiger partial charge in [0.1, 0.15) is 0 Å². The number of carbonyl (C=O) groups is 1. The molecule has 5 nitrogen and oxygen atoms in total. The van der Waals surface area contributed by atoms with Gasteiger partial charge in [0, 0.05) is 12.5 Å². The summed E-state index contributed by atoms with van der Waals surface area (Å²) in [6, 6.07) is -0.525. The molecule has 4 atom stereocenters. The molecule has 0 unspecified atom stereocenters. The monoisotopic (exact) mass is 325 g/mol. The Morgan fingerprint density at radius 2 is 1.74 bits per heavy atom. The van der Waals surface area contributed by atoms with E-state index in [-0.39, 0.29) is 12.6 Å². The second-order valence-electron chi connectivity index (χ2n) is 6.89. The van der Waals surface area contributed by atoms with Crippen molar-refractivity contribution >= 4 is 5.78 Å². The van der Waals surface area contributed by atoms with Crippen molar-refractivity contribution in [3.63, 3.8) is 0 Å². The summed E-state index contributed by atoms with van der Waals surface area (Å²) in [5, 5.41) is 31.8. The van der Waals surface area contributed by atoms with Crippen molar-refractivity contribution in [3.05, 3.63) is 11.6 Å². The Labute approximate surface area is 138 Å². The normalized spacial score (nSPS) is 31.4. The molecule has 2 aliphatic rings. The molecule has 0 bridgehead atoms. The van der Waals surface area contributed by atoms with E-state index in [1.165, 1.54) is 0 Å². The zero-order valence-electron chi connectivity index (χ0n) is 13.9. The molecule has 0 aromatic rings. The van der Waals surface area contributed by atoms with E-state index in [0.29, 0.717) is 5.78 Å². The fraction of sp³-hybridized carbons (Fsp3) is 0.833. The van der Waals surface area contributed by atoms with Crippen LogP contribution < -0.4 is 5.32 Å². The molecule has 2 rings (SSSR count). The van der Waals surface area contributed by atoms with Crippen LogP contribution in [0.5, 0.6) is 0 Å². The van der Waals surface area contributed by atoms with E-state index in [1.807, 2.05) is 0 Å². The molecule has 0 aromatic heterocycles. The van der Waals surface area contributed by atoms with Crippen molar-refractivity contribution in [2.24, 2.45) is 0 Å². The fourth-order valence-electron chi connectivity index (χ4n) is 3.63. The largest absolute Gasteiger partial charge is 0.395 e. The van der Waals surface area contributed by atoms with Gasteiger partial charge in [-0.25, -0.2) is 0 Å². The Morgan fingerprint density at radius 1 is 1.04 bits per heavy atom. The molecule has 1 fully saturated rings. The molecule has 1 aliphatic heterocycles. The van der Waals surface area contributed by atoms with Gasteiger partial charge < -0.3 is 20.6 Å². The minimum Gasteiger partial charge on any atom is -0.395 e. The minimum atomic E-state index is -0.869. The molecule has 0 amide bonds. The average molecular weight is 325 g/mol. The van der Waals surface area contributed by atoms with Crippen LogP contribution in [0.2, 0.25) is 0 Å². The van der Waals surface area contributed by atoms with Crippen LogP contribution >= 0.6 is 0 Å². The maximum Gasteiger partial charge on any atom is 0.158 e. The van der Waals surface area contributed by atoms with Crippen LogP contribution in [0.15, 0.2) is 11.6 Å². The van der Waals surface area contributed by atoms with Crippen LogP contribution in [0, 0.1) is 0 Å². The van der Waals surface area contributed by atoms with Crippen LogP contribution in [0.4, 0.5) is 0 Å². The summed E-state index contributed by atoms with van der Waals surface area (Å²) in [6.07, 6.45) is 10.4. The lowest BCUT2D eigenvalue weighted by Crippen LogP contribution is -2.36. The van der Waals surface area contributed by atoms with E-state index >= 15 is 0 Å². The first-order valence-corrected chi connectivity index (χ1v) is 9.08. The highest BCUT2D eigenvalue weighted by molar-refractivity contribution is 5.95. The molecule has 4 N–H and O–H groups in total. The third kappa shape index (κ3) is 5.38. The summed E-state index contributed by atoms with van der Waals surface area (Å²) < 4.78 is 0. The lowest BCUT2D eigenvalue weighted by atomic mass is 9.93. The molecule has 132 valence electrons. The number of nitrogens with one attached hydrogen (secondary N) is 1. The molecule has 1 aliphatic carbocycles. The van der Waals surface area contributed by atoms with Gasteiger partial charge in [0.05, 0.1) is 24.9 Å². The number of aliphatic hydroxyl groups excluding tert-OH is 3. The topological polar surface area (TPSA) is 89.8 Å². The Hall–Kier alpha value is -0.750. The maximum absolute atomic E-state index is 11.7. The summed E-state index contributed by atoms with van der Waals surface area (Å²) >= 11 is 0. The first kappa shape index (κ1) is 18.6. The molecule has 1 heterocycles. The molecule has 5 heteroatoms. The predicted molar refractivity (Wildman–Crippen MR) is 89.1 cm³/mol. The van der Waals surface area contributed by atoms with Crippen molar-refractivity contribution in [1.29, 1.82) is 0 Å². The van der Waals surface area contributed by atoms with Crippen molar-refractivity contribution in [2.75, 3.05) is 6.61 Å². The third-order valence-corrected chi connectivity index (χ3v) is 5.12. The van der Waals surface area contributed by atoms with Gasteiger partial charge in [-0.15, -0.1) is 0 Å². The zero-order chi connectivity index (χ0) is 16.7. The third-order valence-electron chi connectivity index (χ3n) is 5.12. The number of aliphatic hydroxyl groups is 3. The zero-order valence-corrected chi connectivity index (χ0v) is 13.9. The van der Waals surface area contributed by atoms with Crippen molar-refractivity contribution in [1.82, 2.24) is 5.32 Å². The standard InChI is InChI=1S/C18H31NO4/c20-12-15-18(23)17(22)14(19-15)10-5-3-1-2-4-8-13-9-6-7-11-16(13)21/h9,14-15,17-20,22-23H,1-8,10-12H2/t14-,15+,17+,18+/m0/s1. The van der Waals surface area contributed by atoms with E-state index < -0.39 is 18.2 Å². The number of hydrogen-bond donors (Lipinski definition) is 4. The van der Waals surface area contributed by atoms with Gasteiger partial charge in [0.25, 0.3) is 0 Å². The summed E-state index contributed by atoms with van der Waals surface area (Å²) in [4.78, 5) is 11.7. The fourth-order valence-corrected chi connectivity index (χ4v) is 3.63. The molecule has 23 heavy (non-hydrogen) atoms. The highest BCUT2D eigenvalue weighted by Crippen LogP contribution is 2.21. The predicted octanol–water partition coefficient (Wildman–Crippen LogP) is 1.45. The van der Waals surface area contributed by atoms with Crippen molar-refractivity contribution in [2.45, 2.75) is 88.5 Å². The summed E-state index contributed by atoms with van der Waals surface area (Å²) in [7, 11) is 0. The quantitative estimate of drug-likeness (QED) is 0.482. The number of rotatable bonds is 9. The van der Waals surface area contributed by atoms with Gasteiger partial charge in [-0.1, -0.05) is 31.8 Å². The van der Waals surface area contributed by atoms with Gasteiger partial charge >= 0.3 is 0 Å². The van der Waals surface area contributed by atoms with E-state index in [1.54, 1.807) is 0 Å². The second-order valence-corrected chi connectivity index (χ2v) is 6.89. The summed E-state index contributed by atoms with van der Waals surface area (Å²) in [5.41, 5.74) is 1.04. The van der Waals surface area contributed by atoms with Gasteiger partial charge in [0.15, 0.2) is 5.78 Å². The van der Waals surface area contributed by atoms with Crippen LogP contribution in [-0.4, -0.2) is 52.0 Å². The van der Waals surface area contributed by atoms with Crippen molar-refractivity contribution in [3.8, 4) is 0 Å². The highest BCUT2D eigenvalue weighted by atomic mass is 16.3. The number of unbranched alkanes of at least 4 members (excludes halogenated alkanes) is 4. The lowest BCUT2D eigenvalue weighted by molar-refractivity contribution is -0.116. The maximum atomic E-state index is 11.7. The van der Waals surface area contributed by atoms with Gasteiger partial charge in [-0.3, -0.25) is 4.79 Å². The van der Waals surface area contributed by atoms with Gasteiger partial charge in [0.2, 0.25) is 0 Å². The number of hydrogen-bond acceptors (Lipinski definition) is 5. The Bertz CT molecular complexity index is 410. The minimum absolute atomic E-state index is 0.118. The highest BCUT2D eigenvalue weighted by Gasteiger charge is 2.39. The van der Waals surface area contributed by atoms with Crippen LogP contribution in [0.3, 0.4) is 0 Å². The first-order chi connectivity index (χ1) is 11.1. The molecule has 0 saturated carbocycles. The van der Waals surface area contributed by atoms with E-state index in [2.05, 4.69) is 11.4 Å². The van der Waals surface area contributed by atoms with Crippen LogP contribution in [0.1, 0.15) is 64.2 Å². The summed E-state index contributed by atoms with van der Waals surface area (Å²) in [5.74, 6) is 0.342. The molecular formula is C18H31NO4. The van der Waals surface area contributed by atoms with E-state index in [9.17, 15) is 15.0 Å². The number of Topliss-reactive ketones (excluding diaryl/α,β-unsaturated/α-hetero) is 1. The van der Waals surface area contributed by atoms with Gasteiger partial charge in [-0.2, -0.15) is 0 Å².